The van der Waals surface area contributed by atoms with Gasteiger partial charge in [0, 0.05) is 23.9 Å². The second-order valence-corrected chi connectivity index (χ2v) is 8.19. The van der Waals surface area contributed by atoms with Crippen molar-refractivity contribution >= 4 is 46.1 Å². The molecule has 0 fully saturated rings. The SMILES string of the molecule is CCN(CC(=O)N1c2ccccc2NC(=O)CC1C)Cc1ccc(Cl)s1. The first kappa shape index (κ1) is 18.9. The molecule has 0 saturated carbocycles. The monoisotopic (exact) mass is 391 g/mol. The predicted octanol–water partition coefficient (Wildman–Crippen LogP) is 3.99. The average molecular weight is 392 g/mol. The molecule has 1 atom stereocenters. The highest BCUT2D eigenvalue weighted by Crippen LogP contribution is 2.31. The van der Waals surface area contributed by atoms with Crippen LogP contribution >= 0.6 is 22.9 Å². The molecule has 1 aromatic heterocycles. The highest BCUT2D eigenvalue weighted by molar-refractivity contribution is 7.16. The Morgan fingerprint density at radius 2 is 2.12 bits per heavy atom. The summed E-state index contributed by atoms with van der Waals surface area (Å²) in [5.74, 6) is -0.0771. The van der Waals surface area contributed by atoms with Gasteiger partial charge in [0.15, 0.2) is 0 Å². The van der Waals surface area contributed by atoms with E-state index in [1.54, 1.807) is 4.90 Å². The summed E-state index contributed by atoms with van der Waals surface area (Å²) in [6.07, 6.45) is 0.285. The Bertz CT molecular complexity index is 808. The Kier molecular flexibility index (Phi) is 5.96. The van der Waals surface area contributed by atoms with E-state index >= 15 is 0 Å². The lowest BCUT2D eigenvalue weighted by Gasteiger charge is -2.30. The number of amides is 2. The Hall–Kier alpha value is -1.89. The highest BCUT2D eigenvalue weighted by Gasteiger charge is 2.30. The minimum absolute atomic E-state index is 0.00838. The third-order valence-electron chi connectivity index (χ3n) is 4.44. The maximum atomic E-state index is 13.1. The Balaban J connectivity index is 1.79. The predicted molar refractivity (Wildman–Crippen MR) is 107 cm³/mol. The molecule has 2 heterocycles. The van der Waals surface area contributed by atoms with E-state index in [9.17, 15) is 9.59 Å². The number of nitrogens with one attached hydrogen (secondary N) is 1. The van der Waals surface area contributed by atoms with Crippen LogP contribution in [0.1, 0.15) is 25.1 Å². The number of rotatable bonds is 5. The van der Waals surface area contributed by atoms with Gasteiger partial charge < -0.3 is 10.2 Å². The van der Waals surface area contributed by atoms with Gasteiger partial charge in [-0.05, 0) is 37.7 Å². The summed E-state index contributed by atoms with van der Waals surface area (Å²) in [5.41, 5.74) is 1.44. The molecule has 2 aromatic rings. The molecule has 1 N–H and O–H groups in total. The van der Waals surface area contributed by atoms with Crippen molar-refractivity contribution in [2.24, 2.45) is 0 Å². The first-order chi connectivity index (χ1) is 12.5. The summed E-state index contributed by atoms with van der Waals surface area (Å²) >= 11 is 7.54. The molecular formula is C19H22ClN3O2S. The summed E-state index contributed by atoms with van der Waals surface area (Å²) in [6.45, 7) is 5.67. The summed E-state index contributed by atoms with van der Waals surface area (Å²) in [6, 6.07) is 11.1. The largest absolute Gasteiger partial charge is 0.324 e. The number of fused-ring (bicyclic) bond motifs is 1. The topological polar surface area (TPSA) is 52.7 Å². The molecule has 0 bridgehead atoms. The van der Waals surface area contributed by atoms with Crippen molar-refractivity contribution < 1.29 is 9.59 Å². The molecule has 5 nitrogen and oxygen atoms in total. The van der Waals surface area contributed by atoms with E-state index < -0.39 is 0 Å². The van der Waals surface area contributed by atoms with E-state index in [0.29, 0.717) is 18.8 Å². The molecule has 1 aromatic carbocycles. The van der Waals surface area contributed by atoms with Gasteiger partial charge in [0.25, 0.3) is 0 Å². The normalized spacial score (nSPS) is 17.0. The summed E-state index contributed by atoms with van der Waals surface area (Å²) in [4.78, 5) is 30.2. The van der Waals surface area contributed by atoms with Crippen LogP contribution in [0.25, 0.3) is 0 Å². The lowest BCUT2D eigenvalue weighted by atomic mass is 10.1. The third-order valence-corrected chi connectivity index (χ3v) is 5.66. The van der Waals surface area contributed by atoms with Crippen molar-refractivity contribution in [2.45, 2.75) is 32.9 Å². The van der Waals surface area contributed by atoms with E-state index in [2.05, 4.69) is 10.2 Å². The quantitative estimate of drug-likeness (QED) is 0.838. The fourth-order valence-electron chi connectivity index (χ4n) is 3.17. The van der Waals surface area contributed by atoms with Crippen LogP contribution in [0.2, 0.25) is 4.34 Å². The van der Waals surface area contributed by atoms with Crippen LogP contribution in [-0.4, -0.2) is 35.8 Å². The van der Waals surface area contributed by atoms with Crippen LogP contribution in [0.3, 0.4) is 0 Å². The molecule has 0 aliphatic carbocycles. The number of halogens is 1. The van der Waals surface area contributed by atoms with Crippen LogP contribution in [0, 0.1) is 0 Å². The van der Waals surface area contributed by atoms with Gasteiger partial charge in [0.05, 0.1) is 22.3 Å². The number of para-hydroxylation sites is 2. The van der Waals surface area contributed by atoms with Gasteiger partial charge in [-0.1, -0.05) is 30.7 Å². The average Bonchev–Trinajstić information content (AvgIpc) is 2.94. The van der Waals surface area contributed by atoms with Crippen molar-refractivity contribution in [3.63, 3.8) is 0 Å². The molecule has 7 heteroatoms. The van der Waals surface area contributed by atoms with Crippen molar-refractivity contribution in [3.8, 4) is 0 Å². The maximum absolute atomic E-state index is 13.1. The van der Waals surface area contributed by atoms with Gasteiger partial charge in [0.1, 0.15) is 0 Å². The minimum atomic E-state index is -0.193. The van der Waals surface area contributed by atoms with E-state index in [0.717, 1.165) is 21.4 Å². The van der Waals surface area contributed by atoms with Gasteiger partial charge in [-0.2, -0.15) is 0 Å². The standard InChI is InChI=1S/C19H22ClN3O2S/c1-3-22(11-14-8-9-17(20)26-14)12-19(25)23-13(2)10-18(24)21-15-6-4-5-7-16(15)23/h4-9,13H,3,10-12H2,1-2H3,(H,21,24). The fraction of sp³-hybridized carbons (Fsp3) is 0.368. The molecule has 0 radical (unpaired) electrons. The second-order valence-electron chi connectivity index (χ2n) is 6.39. The van der Waals surface area contributed by atoms with E-state index in [1.807, 2.05) is 50.2 Å². The fourth-order valence-corrected chi connectivity index (χ4v) is 4.30. The van der Waals surface area contributed by atoms with Crippen LogP contribution in [0.5, 0.6) is 0 Å². The number of benzene rings is 1. The molecule has 1 unspecified atom stereocenters. The van der Waals surface area contributed by atoms with Gasteiger partial charge in [-0.25, -0.2) is 0 Å². The Labute approximate surface area is 162 Å². The number of thiophene rings is 1. The van der Waals surface area contributed by atoms with E-state index in [4.69, 9.17) is 11.6 Å². The number of hydrogen-bond acceptors (Lipinski definition) is 4. The van der Waals surface area contributed by atoms with E-state index in [-0.39, 0.29) is 24.3 Å². The Morgan fingerprint density at radius 1 is 1.35 bits per heavy atom. The number of hydrogen-bond donors (Lipinski definition) is 1. The first-order valence-corrected chi connectivity index (χ1v) is 9.85. The van der Waals surface area contributed by atoms with Crippen LogP contribution in [0.4, 0.5) is 11.4 Å². The minimum Gasteiger partial charge on any atom is -0.324 e. The number of carbonyl (C=O) groups is 2. The molecule has 2 amide bonds. The molecular weight excluding hydrogens is 370 g/mol. The van der Waals surface area contributed by atoms with Gasteiger partial charge in [0.2, 0.25) is 11.8 Å². The van der Waals surface area contributed by atoms with Gasteiger partial charge >= 0.3 is 0 Å². The molecule has 138 valence electrons. The number of likely N-dealkylation sites (N-methyl/N-ethyl adjacent to an activating group) is 1. The van der Waals surface area contributed by atoms with Gasteiger partial charge in [-0.15, -0.1) is 11.3 Å². The van der Waals surface area contributed by atoms with Gasteiger partial charge in [-0.3, -0.25) is 14.5 Å². The zero-order chi connectivity index (χ0) is 18.7. The lowest BCUT2D eigenvalue weighted by Crippen LogP contribution is -2.44. The van der Waals surface area contributed by atoms with Crippen LogP contribution in [-0.2, 0) is 16.1 Å². The number of anilines is 2. The molecule has 0 saturated heterocycles. The summed E-state index contributed by atoms with van der Waals surface area (Å²) in [7, 11) is 0. The molecule has 26 heavy (non-hydrogen) atoms. The first-order valence-electron chi connectivity index (χ1n) is 8.65. The van der Waals surface area contributed by atoms with Crippen molar-refractivity contribution in [2.75, 3.05) is 23.3 Å². The van der Waals surface area contributed by atoms with E-state index in [1.165, 1.54) is 11.3 Å². The third kappa shape index (κ3) is 4.26. The molecule has 1 aliphatic rings. The zero-order valence-electron chi connectivity index (χ0n) is 14.9. The van der Waals surface area contributed by atoms with Crippen LogP contribution in [0.15, 0.2) is 36.4 Å². The second kappa shape index (κ2) is 8.20. The maximum Gasteiger partial charge on any atom is 0.241 e. The molecule has 3 rings (SSSR count). The molecule has 1 aliphatic heterocycles. The Morgan fingerprint density at radius 3 is 2.81 bits per heavy atom. The smallest absolute Gasteiger partial charge is 0.241 e. The summed E-state index contributed by atoms with van der Waals surface area (Å²) in [5, 5.41) is 2.89. The van der Waals surface area contributed by atoms with Crippen LogP contribution < -0.4 is 10.2 Å². The van der Waals surface area contributed by atoms with Crippen molar-refractivity contribution in [1.29, 1.82) is 0 Å². The number of carbonyl (C=O) groups excluding carboxylic acids is 2. The highest BCUT2D eigenvalue weighted by atomic mass is 35.5. The number of nitrogens with zero attached hydrogens (tertiary/aromatic N) is 2. The van der Waals surface area contributed by atoms with Crippen molar-refractivity contribution in [1.82, 2.24) is 4.90 Å². The lowest BCUT2D eigenvalue weighted by molar-refractivity contribution is -0.120. The zero-order valence-corrected chi connectivity index (χ0v) is 16.4. The molecule has 0 spiro atoms. The van der Waals surface area contributed by atoms with Crippen molar-refractivity contribution in [3.05, 3.63) is 45.6 Å². The summed E-state index contributed by atoms with van der Waals surface area (Å²) < 4.78 is 0.752.